The number of halogens is 5. The second-order valence-corrected chi connectivity index (χ2v) is 7.76. The fourth-order valence-electron chi connectivity index (χ4n) is 3.33. The van der Waals surface area contributed by atoms with E-state index in [1.54, 1.807) is 6.92 Å². The molecule has 2 heterocycles. The lowest BCUT2D eigenvalue weighted by Gasteiger charge is -2.18. The van der Waals surface area contributed by atoms with E-state index in [0.717, 1.165) is 18.0 Å². The minimum absolute atomic E-state index is 0.0600. The zero-order valence-corrected chi connectivity index (χ0v) is 19.3. The maximum atomic E-state index is 14.7. The molecule has 2 aromatic rings. The molecule has 0 N–H and O–H groups in total. The normalized spacial score (nSPS) is 15.3. The smallest absolute Gasteiger partial charge is 0.431 e. The van der Waals surface area contributed by atoms with Crippen LogP contribution in [-0.4, -0.2) is 63.5 Å². The number of aliphatic imine (C=N–C) groups is 1. The van der Waals surface area contributed by atoms with Gasteiger partial charge in [0, 0.05) is 20.2 Å². The Morgan fingerprint density at radius 3 is 2.43 bits per heavy atom. The van der Waals surface area contributed by atoms with Crippen LogP contribution in [0.25, 0.3) is 5.69 Å². The number of carbonyl (C=O) groups excluding carboxylic acids is 2. The monoisotopic (exact) mass is 519 g/mol. The summed E-state index contributed by atoms with van der Waals surface area (Å²) < 4.78 is 59.3. The van der Waals surface area contributed by atoms with Crippen molar-refractivity contribution >= 4 is 35.1 Å². The van der Waals surface area contributed by atoms with Gasteiger partial charge in [-0.1, -0.05) is 11.6 Å². The molecule has 3 rings (SSSR count). The van der Waals surface area contributed by atoms with Gasteiger partial charge in [0.1, 0.15) is 24.6 Å². The van der Waals surface area contributed by atoms with Crippen molar-refractivity contribution < 1.29 is 31.9 Å². The molecule has 15 heteroatoms. The number of hydrogen-bond acceptors (Lipinski definition) is 6. The van der Waals surface area contributed by atoms with Crippen LogP contribution in [0.3, 0.4) is 0 Å². The number of benzene rings is 1. The Hall–Kier alpha value is -3.68. The summed E-state index contributed by atoms with van der Waals surface area (Å²) in [6, 6.07) is 1.75. The molecule has 1 aromatic carbocycles. The molecule has 0 saturated carbocycles. The van der Waals surface area contributed by atoms with E-state index in [4.69, 9.17) is 16.3 Å². The predicted octanol–water partition coefficient (Wildman–Crippen LogP) is 1.67. The van der Waals surface area contributed by atoms with Gasteiger partial charge in [-0.15, -0.1) is 0 Å². The van der Waals surface area contributed by atoms with Crippen molar-refractivity contribution in [3.05, 3.63) is 55.6 Å². The lowest BCUT2D eigenvalue weighted by Crippen LogP contribution is -2.41. The molecule has 1 amide bonds. The number of ether oxygens (including phenoxy) is 1. The maximum Gasteiger partial charge on any atom is 0.431 e. The number of guanidine groups is 1. The summed E-state index contributed by atoms with van der Waals surface area (Å²) in [5, 5.41) is -0.292. The fourth-order valence-corrected chi connectivity index (χ4v) is 3.52. The van der Waals surface area contributed by atoms with Crippen molar-refractivity contribution in [2.24, 2.45) is 12.0 Å². The molecule has 0 atom stereocenters. The molecule has 1 aliphatic heterocycles. The quantitative estimate of drug-likeness (QED) is 0.439. The van der Waals surface area contributed by atoms with Crippen LogP contribution in [0.2, 0.25) is 5.02 Å². The van der Waals surface area contributed by atoms with E-state index in [0.29, 0.717) is 6.07 Å². The first kappa shape index (κ1) is 25.9. The Labute approximate surface area is 199 Å². The molecular formula is C20H18ClF4N5O5. The van der Waals surface area contributed by atoms with Crippen LogP contribution in [0.5, 0.6) is 0 Å². The van der Waals surface area contributed by atoms with E-state index in [1.165, 1.54) is 11.9 Å². The van der Waals surface area contributed by atoms with E-state index in [2.05, 4.69) is 4.99 Å². The highest BCUT2D eigenvalue weighted by molar-refractivity contribution is 6.33. The Morgan fingerprint density at radius 2 is 1.83 bits per heavy atom. The summed E-state index contributed by atoms with van der Waals surface area (Å²) in [6.07, 6.45) is -5.00. The third-order valence-electron chi connectivity index (χ3n) is 4.94. The Balaban J connectivity index is 2.16. The summed E-state index contributed by atoms with van der Waals surface area (Å²) >= 11 is 6.07. The van der Waals surface area contributed by atoms with Crippen LogP contribution in [0, 0.1) is 5.82 Å². The standard InChI is InChI=1S/C20H18ClF4N5O5/c1-4-35-17(33)9-29-16(32)8-27(2)18(29)26-12-6-13(11(22)5-10(12)21)30-15(31)7-14(20(23,24)25)28(3)19(30)34/h5-7H,4,8-9H2,1-3H3/b26-18-. The SMILES string of the molecule is CCOC(=O)CN1C(=O)CN(C)/C1=N/c1cc(-n2c(=O)cc(C(F)(F)F)n(C)c2=O)c(F)cc1Cl. The van der Waals surface area contributed by atoms with Crippen LogP contribution < -0.4 is 11.2 Å². The van der Waals surface area contributed by atoms with Crippen molar-refractivity contribution in [1.29, 1.82) is 0 Å². The van der Waals surface area contributed by atoms with Crippen LogP contribution in [0.15, 0.2) is 32.8 Å². The first-order valence-electron chi connectivity index (χ1n) is 9.91. The van der Waals surface area contributed by atoms with E-state index in [9.17, 15) is 36.7 Å². The molecule has 10 nitrogen and oxygen atoms in total. The van der Waals surface area contributed by atoms with E-state index < -0.39 is 53.0 Å². The number of likely N-dealkylation sites (N-methyl/N-ethyl adjacent to an activating group) is 1. The van der Waals surface area contributed by atoms with Crippen LogP contribution in [0.1, 0.15) is 12.6 Å². The summed E-state index contributed by atoms with van der Waals surface area (Å²) in [5.41, 5.74) is -5.34. The lowest BCUT2D eigenvalue weighted by atomic mass is 10.2. The lowest BCUT2D eigenvalue weighted by molar-refractivity contribution is -0.146. The Morgan fingerprint density at radius 1 is 1.17 bits per heavy atom. The zero-order chi connectivity index (χ0) is 26.2. The topological polar surface area (TPSA) is 106 Å². The molecule has 1 fully saturated rings. The molecule has 0 aliphatic carbocycles. The number of carbonyl (C=O) groups is 2. The Kier molecular flexibility index (Phi) is 7.06. The Bertz CT molecular complexity index is 1350. The van der Waals surface area contributed by atoms with Gasteiger partial charge in [0.05, 0.1) is 23.0 Å². The zero-order valence-electron chi connectivity index (χ0n) is 18.5. The van der Waals surface area contributed by atoms with Gasteiger partial charge in [-0.25, -0.2) is 18.7 Å². The van der Waals surface area contributed by atoms with Crippen molar-refractivity contribution in [1.82, 2.24) is 18.9 Å². The molecular weight excluding hydrogens is 502 g/mol. The van der Waals surface area contributed by atoms with Crippen LogP contribution in [0.4, 0.5) is 23.2 Å². The molecule has 1 aliphatic rings. The minimum atomic E-state index is -5.00. The number of esters is 1. The molecule has 188 valence electrons. The largest absolute Gasteiger partial charge is 0.465 e. The van der Waals surface area contributed by atoms with Gasteiger partial charge in [-0.3, -0.25) is 23.9 Å². The first-order chi connectivity index (χ1) is 16.3. The van der Waals surface area contributed by atoms with Gasteiger partial charge in [0.15, 0.2) is 0 Å². The number of alkyl halides is 3. The van der Waals surface area contributed by atoms with Crippen molar-refractivity contribution in [2.45, 2.75) is 13.1 Å². The van der Waals surface area contributed by atoms with Gasteiger partial charge in [0.25, 0.3) is 5.56 Å². The number of amides is 1. The van der Waals surface area contributed by atoms with Crippen molar-refractivity contribution in [3.8, 4) is 5.69 Å². The second kappa shape index (κ2) is 9.52. The average molecular weight is 520 g/mol. The average Bonchev–Trinajstić information content (AvgIpc) is 3.00. The highest BCUT2D eigenvalue weighted by atomic mass is 35.5. The number of nitrogens with zero attached hydrogens (tertiary/aromatic N) is 5. The molecule has 0 spiro atoms. The predicted molar refractivity (Wildman–Crippen MR) is 115 cm³/mol. The van der Waals surface area contributed by atoms with E-state index >= 15 is 0 Å². The van der Waals surface area contributed by atoms with Crippen LogP contribution >= 0.6 is 11.6 Å². The summed E-state index contributed by atoms with van der Waals surface area (Å²) in [5.74, 6) is -2.45. The highest BCUT2D eigenvalue weighted by Gasteiger charge is 2.36. The van der Waals surface area contributed by atoms with E-state index in [1.807, 2.05) is 0 Å². The minimum Gasteiger partial charge on any atom is -0.465 e. The third kappa shape index (κ3) is 5.06. The van der Waals surface area contributed by atoms with Gasteiger partial charge < -0.3 is 9.64 Å². The summed E-state index contributed by atoms with van der Waals surface area (Å²) in [7, 11) is 2.26. The molecule has 0 unspecified atom stereocenters. The van der Waals surface area contributed by atoms with Gasteiger partial charge in [-0.05, 0) is 19.1 Å². The third-order valence-corrected chi connectivity index (χ3v) is 5.24. The number of aromatic nitrogens is 2. The van der Waals surface area contributed by atoms with Crippen molar-refractivity contribution in [2.75, 3.05) is 26.7 Å². The summed E-state index contributed by atoms with van der Waals surface area (Å²) in [4.78, 5) is 55.7. The summed E-state index contributed by atoms with van der Waals surface area (Å²) in [6.45, 7) is 1.04. The highest BCUT2D eigenvalue weighted by Crippen LogP contribution is 2.31. The molecule has 1 aromatic heterocycles. The van der Waals surface area contributed by atoms with E-state index in [-0.39, 0.29) is 45.0 Å². The van der Waals surface area contributed by atoms with Gasteiger partial charge >= 0.3 is 17.8 Å². The van der Waals surface area contributed by atoms with Crippen LogP contribution in [-0.2, 0) is 27.5 Å². The number of rotatable bonds is 5. The molecule has 1 saturated heterocycles. The first-order valence-corrected chi connectivity index (χ1v) is 10.3. The van der Waals surface area contributed by atoms with Gasteiger partial charge in [0.2, 0.25) is 11.9 Å². The second-order valence-electron chi connectivity index (χ2n) is 7.35. The fraction of sp³-hybridized carbons (Fsp3) is 0.350. The van der Waals surface area contributed by atoms with Gasteiger partial charge in [-0.2, -0.15) is 13.2 Å². The molecule has 35 heavy (non-hydrogen) atoms. The maximum absolute atomic E-state index is 14.7. The molecule has 0 radical (unpaired) electrons. The molecule has 0 bridgehead atoms. The number of hydrogen-bond donors (Lipinski definition) is 0. The van der Waals surface area contributed by atoms with Crippen molar-refractivity contribution in [3.63, 3.8) is 0 Å².